The lowest BCUT2D eigenvalue weighted by molar-refractivity contribution is -0.120. The van der Waals surface area contributed by atoms with Crippen LogP contribution >= 0.6 is 23.2 Å². The van der Waals surface area contributed by atoms with Crippen molar-refractivity contribution in [3.63, 3.8) is 0 Å². The summed E-state index contributed by atoms with van der Waals surface area (Å²) in [7, 11) is -8.17. The molecule has 6 rings (SSSR count). The number of anilines is 4. The molecule has 1 aromatic heterocycles. The van der Waals surface area contributed by atoms with Crippen molar-refractivity contribution >= 4 is 88.8 Å². The minimum absolute atomic E-state index is 0.0328. The number of nitrogens with zero attached hydrogens (tertiary/aromatic N) is 5. The van der Waals surface area contributed by atoms with Gasteiger partial charge in [-0.05, 0) is 84.6 Å². The molecule has 0 saturated heterocycles. The lowest BCUT2D eigenvalue weighted by Gasteiger charge is -2.20. The van der Waals surface area contributed by atoms with Crippen LogP contribution in [-0.2, 0) is 25.0 Å². The largest absolute Gasteiger partial charge is 0.375 e. The molecule has 0 spiro atoms. The van der Waals surface area contributed by atoms with Crippen molar-refractivity contribution < 1.29 is 30.7 Å². The van der Waals surface area contributed by atoms with E-state index in [4.69, 9.17) is 28.6 Å². The summed E-state index contributed by atoms with van der Waals surface area (Å²) in [5.41, 5.74) is 10.4. The van der Waals surface area contributed by atoms with Crippen LogP contribution in [0, 0.1) is 15.8 Å². The normalized spacial score (nSPS) is 12.1. The first kappa shape index (κ1) is 44.5. The van der Waals surface area contributed by atoms with Gasteiger partial charge in [0.15, 0.2) is 10.9 Å². The number of nitrogens with one attached hydrogen (secondary N) is 5. The van der Waals surface area contributed by atoms with Gasteiger partial charge in [-0.25, -0.2) is 4.99 Å². The summed E-state index contributed by atoms with van der Waals surface area (Å²) in [4.78, 5) is 54.9. The molecule has 0 fully saturated rings. The zero-order chi connectivity index (χ0) is 44.1. The van der Waals surface area contributed by atoms with Crippen molar-refractivity contribution in [2.24, 2.45) is 4.99 Å². The van der Waals surface area contributed by atoms with Crippen molar-refractivity contribution in [1.29, 1.82) is 5.41 Å². The Labute approximate surface area is 356 Å². The average molecular weight is 912 g/mol. The van der Waals surface area contributed by atoms with Gasteiger partial charge in [-0.1, -0.05) is 43.5 Å². The predicted molar refractivity (Wildman–Crippen MR) is 228 cm³/mol. The third-order valence-corrected chi connectivity index (χ3v) is 11.4. The molecule has 0 aliphatic heterocycles. The highest BCUT2D eigenvalue weighted by atomic mass is 35.5. The number of amides is 1. The Morgan fingerprint density at radius 1 is 0.738 bits per heavy atom. The monoisotopic (exact) mass is 910 g/mol. The van der Waals surface area contributed by atoms with E-state index in [9.17, 15) is 40.3 Å². The molecule has 7 N–H and O–H groups in total. The van der Waals surface area contributed by atoms with E-state index < -0.39 is 67.7 Å². The van der Waals surface area contributed by atoms with E-state index >= 15 is 0 Å². The molecule has 0 atom stereocenters. The van der Waals surface area contributed by atoms with Crippen LogP contribution in [0.15, 0.2) is 97.2 Å². The van der Waals surface area contributed by atoms with Gasteiger partial charge in [-0.15, -0.1) is 0 Å². The summed E-state index contributed by atoms with van der Waals surface area (Å²) in [6.45, 7) is 0.785. The molecule has 1 heterocycles. The summed E-state index contributed by atoms with van der Waals surface area (Å²) in [6.07, 6.45) is 4.72. The number of hydrogen-bond donors (Lipinski definition) is 7. The quantitative estimate of drug-likeness (QED) is 0.0383. The molecule has 1 amide bonds. The first-order chi connectivity index (χ1) is 28.9. The summed E-state index contributed by atoms with van der Waals surface area (Å²) < 4.78 is 69.8. The van der Waals surface area contributed by atoms with Gasteiger partial charge < -0.3 is 15.8 Å². The van der Waals surface area contributed by atoms with Crippen molar-refractivity contribution in [3.05, 3.63) is 125 Å². The predicted octanol–water partition coefficient (Wildman–Crippen LogP) is 4.22. The second kappa shape index (κ2) is 18.7. The summed E-state index contributed by atoms with van der Waals surface area (Å²) in [5.74, 6) is -0.197. The molecule has 0 radical (unpaired) electrons. The van der Waals surface area contributed by atoms with E-state index in [0.29, 0.717) is 24.6 Å². The number of unbranched alkanes of at least 4 members (excludes halogenated alkanes) is 4. The van der Waals surface area contributed by atoms with Crippen LogP contribution in [0.1, 0.15) is 38.5 Å². The minimum atomic E-state index is -5.13. The zero-order valence-electron chi connectivity index (χ0n) is 31.9. The molecule has 2 aliphatic rings. The molecule has 2 aliphatic carbocycles. The smallest absolute Gasteiger partial charge is 0.296 e. The number of carbonyl (C=O) groups is 1. The topological polar surface area (TPSA) is 286 Å². The molecule has 3 aromatic carbocycles. The molecule has 0 saturated carbocycles. The van der Waals surface area contributed by atoms with E-state index in [1.165, 1.54) is 36.4 Å². The summed E-state index contributed by atoms with van der Waals surface area (Å²) >= 11 is 11.4. The molecule has 23 heteroatoms. The molecule has 19 nitrogen and oxygen atoms in total. The van der Waals surface area contributed by atoms with E-state index in [2.05, 4.69) is 46.5 Å². The molecule has 0 unspecified atom stereocenters. The standard InChI is InChI=1S/C38H36Cl2N10O9S2/c1-50(18-8-4-2-3-5-11-30(51)48-49-38-44-36(39)43-37(40)45-38)23-15-12-21(13-16-23)46-47-22-14-17-26(28(19-22)60(54,55)56)42-27-20-29(61(57,58)59)33(41)32-31(27)34(52)24-9-6-7-10-25(24)35(32)53/h6-7,9-10,12-17,19-20,41,46-47H,2-5,8,11,18H2,1H3,(H,48,51)(H,54,55,56)(H,57,58,59)(H,43,44,45,49). The fourth-order valence-electron chi connectivity index (χ4n) is 6.37. The van der Waals surface area contributed by atoms with Crippen LogP contribution in [0.2, 0.25) is 10.6 Å². The molecular weight excluding hydrogens is 876 g/mol. The second-order valence-electron chi connectivity index (χ2n) is 13.6. The fraction of sp³-hybridized carbons (Fsp3) is 0.211. The van der Waals surface area contributed by atoms with Crippen molar-refractivity contribution in [1.82, 2.24) is 20.4 Å². The molecule has 4 aromatic rings. The SMILES string of the molecule is CN(CCCCCCCC(=O)NNc1nc(Cl)nc(Cl)n1)c1ccc(NNc2ccc(N=c3cc(S(=O)(=O)O)c(=N)c4c(=O)c5ccccc5c(=O)c3=4)c(S(=O)(=O)O)c2)cc1. The van der Waals surface area contributed by atoms with Crippen LogP contribution in [0.5, 0.6) is 0 Å². The summed E-state index contributed by atoms with van der Waals surface area (Å²) in [6, 6.07) is 17.3. The number of benzene rings is 3. The number of hydrogen-bond acceptors (Lipinski definition) is 16. The van der Waals surface area contributed by atoms with Gasteiger partial charge in [-0.3, -0.25) is 39.7 Å². The van der Waals surface area contributed by atoms with Gasteiger partial charge in [0.1, 0.15) is 9.79 Å². The van der Waals surface area contributed by atoms with Crippen molar-refractivity contribution in [2.45, 2.75) is 48.3 Å². The van der Waals surface area contributed by atoms with E-state index in [1.54, 1.807) is 12.1 Å². The second-order valence-corrected chi connectivity index (χ2v) is 17.0. The lowest BCUT2D eigenvalue weighted by atomic mass is 10.0. The first-order valence-corrected chi connectivity index (χ1v) is 21.9. The highest BCUT2D eigenvalue weighted by Gasteiger charge is 2.21. The molecular formula is C38H36Cl2N10O9S2. The van der Waals surface area contributed by atoms with Gasteiger partial charge in [0, 0.05) is 36.5 Å². The van der Waals surface area contributed by atoms with Crippen LogP contribution < -0.4 is 48.2 Å². The Hall–Kier alpha value is -6.10. The highest BCUT2D eigenvalue weighted by Crippen LogP contribution is 2.28. The van der Waals surface area contributed by atoms with Crippen LogP contribution in [0.3, 0.4) is 0 Å². The Morgan fingerprint density at radius 2 is 1.31 bits per heavy atom. The van der Waals surface area contributed by atoms with E-state index in [1.807, 2.05) is 19.2 Å². The third kappa shape index (κ3) is 10.8. The number of halogens is 2. The minimum Gasteiger partial charge on any atom is -0.375 e. The Morgan fingerprint density at radius 3 is 1.95 bits per heavy atom. The highest BCUT2D eigenvalue weighted by molar-refractivity contribution is 7.86. The van der Waals surface area contributed by atoms with Crippen LogP contribution in [-0.4, -0.2) is 60.4 Å². The number of rotatable bonds is 17. The number of aromatic nitrogens is 3. The van der Waals surface area contributed by atoms with Gasteiger partial charge in [0.2, 0.25) is 22.4 Å². The average Bonchev–Trinajstić information content (AvgIpc) is 3.20. The van der Waals surface area contributed by atoms with Crippen LogP contribution in [0.25, 0.3) is 10.8 Å². The van der Waals surface area contributed by atoms with Gasteiger partial charge in [-0.2, -0.15) is 31.8 Å². The maximum atomic E-state index is 13.6. The van der Waals surface area contributed by atoms with Crippen LogP contribution in [0.4, 0.5) is 28.7 Å². The van der Waals surface area contributed by atoms with Crippen molar-refractivity contribution in [2.75, 3.05) is 34.8 Å². The maximum Gasteiger partial charge on any atom is 0.296 e. The molecule has 61 heavy (non-hydrogen) atoms. The number of carbonyl (C=O) groups excluding carboxylic acids is 1. The van der Waals surface area contributed by atoms with Crippen molar-refractivity contribution in [3.8, 4) is 0 Å². The Kier molecular flexibility index (Phi) is 13.6. The fourth-order valence-corrected chi connectivity index (χ4v) is 8.01. The number of hydrazine groups is 2. The third-order valence-electron chi connectivity index (χ3n) is 9.35. The maximum absolute atomic E-state index is 13.6. The lowest BCUT2D eigenvalue weighted by Crippen LogP contribution is -2.32. The van der Waals surface area contributed by atoms with E-state index in [0.717, 1.165) is 44.0 Å². The van der Waals surface area contributed by atoms with Gasteiger partial charge in [0.25, 0.3) is 20.2 Å². The molecule has 0 bridgehead atoms. The zero-order valence-corrected chi connectivity index (χ0v) is 35.1. The number of fused-ring (bicyclic) bond motifs is 1. The Bertz CT molecular complexity index is 3150. The van der Waals surface area contributed by atoms with Gasteiger partial charge in [0.05, 0.1) is 38.2 Å². The van der Waals surface area contributed by atoms with Gasteiger partial charge >= 0.3 is 0 Å². The first-order valence-electron chi connectivity index (χ1n) is 18.3. The summed E-state index contributed by atoms with van der Waals surface area (Å²) in [5, 5.41) is 5.50. The molecule has 318 valence electrons. The van der Waals surface area contributed by atoms with E-state index in [-0.39, 0.29) is 38.9 Å². The Balaban J connectivity index is 1.08.